The maximum Gasteiger partial charge on any atom is 0.223 e. The average molecular weight is 486 g/mol. The van der Waals surface area contributed by atoms with Gasteiger partial charge >= 0.3 is 0 Å². The molecule has 33 heavy (non-hydrogen) atoms. The van der Waals surface area contributed by atoms with Crippen LogP contribution in [-0.2, 0) is 21.2 Å². The number of carbonyl (C=O) groups is 1. The SMILES string of the molecule is CCCN(CCC)S(=O)(=O)CCC(=O)N(CCC(C)C)C[C@@H](O)[C@@H](N)Cc1ccc(O)cc1. The van der Waals surface area contributed by atoms with Crippen LogP contribution in [0.1, 0.15) is 58.9 Å². The number of aromatic hydroxyl groups is 1. The Bertz CT molecular complexity index is 793. The summed E-state index contributed by atoms with van der Waals surface area (Å²) >= 11 is 0. The summed E-state index contributed by atoms with van der Waals surface area (Å²) in [5.74, 6) is -0.0103. The van der Waals surface area contributed by atoms with Crippen LogP contribution in [0.3, 0.4) is 0 Å². The van der Waals surface area contributed by atoms with Gasteiger partial charge in [0.2, 0.25) is 15.9 Å². The molecule has 0 saturated heterocycles. The molecule has 4 N–H and O–H groups in total. The van der Waals surface area contributed by atoms with Gasteiger partial charge in [-0.3, -0.25) is 4.79 Å². The van der Waals surface area contributed by atoms with Crippen LogP contribution in [0.2, 0.25) is 0 Å². The number of phenols is 1. The number of aliphatic hydroxyl groups excluding tert-OH is 1. The van der Waals surface area contributed by atoms with Gasteiger partial charge in [-0.05, 0) is 49.3 Å². The van der Waals surface area contributed by atoms with Gasteiger partial charge < -0.3 is 20.8 Å². The zero-order valence-electron chi connectivity index (χ0n) is 20.6. The molecule has 0 saturated carbocycles. The number of benzene rings is 1. The largest absolute Gasteiger partial charge is 0.508 e. The summed E-state index contributed by atoms with van der Waals surface area (Å²) in [7, 11) is -3.52. The molecule has 0 fully saturated rings. The first-order chi connectivity index (χ1) is 15.5. The highest BCUT2D eigenvalue weighted by atomic mass is 32.2. The molecular weight excluding hydrogens is 442 g/mol. The molecule has 0 aliphatic rings. The first kappa shape index (κ1) is 29.4. The van der Waals surface area contributed by atoms with Gasteiger partial charge in [0.1, 0.15) is 5.75 Å². The van der Waals surface area contributed by atoms with Crippen molar-refractivity contribution >= 4 is 15.9 Å². The molecule has 1 aromatic rings. The highest BCUT2D eigenvalue weighted by Crippen LogP contribution is 2.14. The van der Waals surface area contributed by atoms with Crippen molar-refractivity contribution in [3.63, 3.8) is 0 Å². The molecule has 9 heteroatoms. The lowest BCUT2D eigenvalue weighted by Crippen LogP contribution is -2.47. The molecule has 0 spiro atoms. The van der Waals surface area contributed by atoms with Crippen LogP contribution < -0.4 is 5.73 Å². The van der Waals surface area contributed by atoms with Gasteiger partial charge in [-0.1, -0.05) is 39.8 Å². The number of aliphatic hydroxyl groups is 1. The van der Waals surface area contributed by atoms with Gasteiger partial charge in [-0.2, -0.15) is 0 Å². The number of amides is 1. The maximum absolute atomic E-state index is 13.0. The van der Waals surface area contributed by atoms with E-state index in [0.717, 1.165) is 24.8 Å². The van der Waals surface area contributed by atoms with Crippen molar-refractivity contribution in [3.05, 3.63) is 29.8 Å². The second kappa shape index (κ2) is 14.6. The van der Waals surface area contributed by atoms with Gasteiger partial charge in [0.15, 0.2) is 0 Å². The number of sulfonamides is 1. The molecule has 0 aliphatic heterocycles. The molecular formula is C24H43N3O5S. The van der Waals surface area contributed by atoms with Crippen molar-refractivity contribution < 1.29 is 23.4 Å². The number of nitrogens with two attached hydrogens (primary N) is 1. The monoisotopic (exact) mass is 485 g/mol. The Hall–Kier alpha value is -1.68. The van der Waals surface area contributed by atoms with E-state index in [9.17, 15) is 23.4 Å². The second-order valence-corrected chi connectivity index (χ2v) is 11.2. The minimum Gasteiger partial charge on any atom is -0.508 e. The molecule has 8 nitrogen and oxygen atoms in total. The summed E-state index contributed by atoms with van der Waals surface area (Å²) in [6.07, 6.45) is 1.51. The van der Waals surface area contributed by atoms with Crippen LogP contribution in [-0.4, -0.2) is 77.8 Å². The summed E-state index contributed by atoms with van der Waals surface area (Å²) in [6, 6.07) is 6.01. The fourth-order valence-corrected chi connectivity index (χ4v) is 5.14. The van der Waals surface area contributed by atoms with Crippen LogP contribution >= 0.6 is 0 Å². The Balaban J connectivity index is 2.79. The van der Waals surface area contributed by atoms with Gasteiger partial charge in [0.25, 0.3) is 0 Å². The molecule has 190 valence electrons. The molecule has 0 bridgehead atoms. The van der Waals surface area contributed by atoms with Gasteiger partial charge in [0.05, 0.1) is 11.9 Å². The van der Waals surface area contributed by atoms with E-state index in [-0.39, 0.29) is 30.4 Å². The quantitative estimate of drug-likeness (QED) is 0.330. The van der Waals surface area contributed by atoms with Crippen molar-refractivity contribution in [2.24, 2.45) is 11.7 Å². The predicted octanol–water partition coefficient (Wildman–Crippen LogP) is 2.34. The predicted molar refractivity (Wildman–Crippen MR) is 132 cm³/mol. The summed E-state index contributed by atoms with van der Waals surface area (Å²) in [4.78, 5) is 14.5. The van der Waals surface area contributed by atoms with Gasteiger partial charge in [-0.15, -0.1) is 0 Å². The lowest BCUT2D eigenvalue weighted by atomic mass is 10.0. The molecule has 1 amide bonds. The van der Waals surface area contributed by atoms with Crippen molar-refractivity contribution in [2.75, 3.05) is 31.9 Å². The van der Waals surface area contributed by atoms with Crippen molar-refractivity contribution in [3.8, 4) is 5.75 Å². The fourth-order valence-electron chi connectivity index (χ4n) is 3.53. The highest BCUT2D eigenvalue weighted by Gasteiger charge is 2.26. The van der Waals surface area contributed by atoms with E-state index in [0.29, 0.717) is 32.0 Å². The number of carbonyl (C=O) groups excluding carboxylic acids is 1. The molecule has 0 heterocycles. The van der Waals surface area contributed by atoms with Gasteiger partial charge in [-0.25, -0.2) is 12.7 Å². The number of rotatable bonds is 16. The molecule has 0 aliphatic carbocycles. The third-order valence-electron chi connectivity index (χ3n) is 5.55. The van der Waals surface area contributed by atoms with Crippen LogP contribution in [0, 0.1) is 5.92 Å². The van der Waals surface area contributed by atoms with E-state index >= 15 is 0 Å². The molecule has 0 unspecified atom stereocenters. The highest BCUT2D eigenvalue weighted by molar-refractivity contribution is 7.89. The summed E-state index contributed by atoms with van der Waals surface area (Å²) in [6.45, 7) is 9.35. The minimum absolute atomic E-state index is 0.0541. The summed E-state index contributed by atoms with van der Waals surface area (Å²) < 4.78 is 26.9. The fraction of sp³-hybridized carbons (Fsp3) is 0.708. The molecule has 1 aromatic carbocycles. The zero-order chi connectivity index (χ0) is 25.0. The second-order valence-electron chi connectivity index (χ2n) is 9.09. The lowest BCUT2D eigenvalue weighted by molar-refractivity contribution is -0.132. The molecule has 2 atom stereocenters. The number of phenolic OH excluding ortho intramolecular Hbond substituents is 1. The normalized spacial score (nSPS) is 13.9. The first-order valence-electron chi connectivity index (χ1n) is 12.0. The van der Waals surface area contributed by atoms with E-state index in [2.05, 4.69) is 0 Å². The van der Waals surface area contributed by atoms with E-state index < -0.39 is 22.2 Å². The Morgan fingerprint density at radius 2 is 1.64 bits per heavy atom. The Labute approximate surface area is 199 Å². The number of hydrogen-bond acceptors (Lipinski definition) is 6. The summed E-state index contributed by atoms with van der Waals surface area (Å²) in [5, 5.41) is 20.1. The first-order valence-corrected chi connectivity index (χ1v) is 13.6. The Kier molecular flexibility index (Phi) is 12.9. The van der Waals surface area contributed by atoms with Gasteiger partial charge in [0, 0.05) is 38.6 Å². The average Bonchev–Trinajstić information content (AvgIpc) is 2.76. The van der Waals surface area contributed by atoms with Crippen LogP contribution in [0.15, 0.2) is 24.3 Å². The van der Waals surface area contributed by atoms with Crippen molar-refractivity contribution in [2.45, 2.75) is 71.9 Å². The van der Waals surface area contributed by atoms with Crippen LogP contribution in [0.25, 0.3) is 0 Å². The maximum atomic E-state index is 13.0. The minimum atomic E-state index is -3.52. The topological polar surface area (TPSA) is 124 Å². The summed E-state index contributed by atoms with van der Waals surface area (Å²) in [5.41, 5.74) is 7.06. The third kappa shape index (κ3) is 10.9. The standard InChI is InChI=1S/C24H43N3O5S/c1-5-13-27(14-6-2)33(31,32)16-12-24(30)26(15-11-19(3)4)18-23(29)22(25)17-20-7-9-21(28)10-8-20/h7-10,19,22-23,28-29H,5-6,11-18,25H2,1-4H3/t22-,23+/m0/s1. The molecule has 1 rings (SSSR count). The Morgan fingerprint density at radius 3 is 2.15 bits per heavy atom. The van der Waals surface area contributed by atoms with Crippen molar-refractivity contribution in [1.82, 2.24) is 9.21 Å². The van der Waals surface area contributed by atoms with E-state index in [4.69, 9.17) is 5.73 Å². The smallest absolute Gasteiger partial charge is 0.223 e. The Morgan fingerprint density at radius 1 is 1.06 bits per heavy atom. The number of nitrogens with zero attached hydrogens (tertiary/aromatic N) is 2. The molecule has 0 radical (unpaired) electrons. The number of hydrogen-bond donors (Lipinski definition) is 3. The zero-order valence-corrected chi connectivity index (χ0v) is 21.4. The van der Waals surface area contributed by atoms with E-state index in [1.54, 1.807) is 29.2 Å². The lowest BCUT2D eigenvalue weighted by Gasteiger charge is -2.29. The van der Waals surface area contributed by atoms with E-state index in [1.807, 2.05) is 27.7 Å². The van der Waals surface area contributed by atoms with E-state index in [1.165, 1.54) is 4.31 Å². The molecule has 0 aromatic heterocycles. The van der Waals surface area contributed by atoms with Crippen molar-refractivity contribution in [1.29, 1.82) is 0 Å². The third-order valence-corrected chi connectivity index (χ3v) is 7.42. The van der Waals surface area contributed by atoms with Crippen LogP contribution in [0.4, 0.5) is 0 Å². The van der Waals surface area contributed by atoms with Crippen LogP contribution in [0.5, 0.6) is 5.75 Å².